The molecular weight excluding hydrogens is 552 g/mol. The number of amides is 2. The van der Waals surface area contributed by atoms with Crippen molar-refractivity contribution in [3.8, 4) is 5.75 Å². The molecule has 0 fully saturated rings. The highest BCUT2D eigenvalue weighted by Crippen LogP contribution is 2.19. The van der Waals surface area contributed by atoms with Crippen LogP contribution >= 0.6 is 27.5 Å². The lowest BCUT2D eigenvalue weighted by Crippen LogP contribution is -2.52. The number of halogens is 2. The molecule has 3 aromatic carbocycles. The van der Waals surface area contributed by atoms with E-state index >= 15 is 0 Å². The zero-order valence-electron chi connectivity index (χ0n) is 21.3. The van der Waals surface area contributed by atoms with E-state index in [1.54, 1.807) is 29.2 Å². The number of carbonyl (C=O) groups excluding carboxylic acids is 2. The molecular formula is C30H34BrClN2O3. The first-order valence-corrected chi connectivity index (χ1v) is 13.8. The Balaban J connectivity index is 1.78. The van der Waals surface area contributed by atoms with Gasteiger partial charge in [0.25, 0.3) is 0 Å². The van der Waals surface area contributed by atoms with Crippen LogP contribution < -0.4 is 10.1 Å². The van der Waals surface area contributed by atoms with Crippen LogP contribution in [0.25, 0.3) is 0 Å². The fraction of sp³-hybridized carbons (Fsp3) is 0.333. The van der Waals surface area contributed by atoms with Gasteiger partial charge in [0.2, 0.25) is 11.8 Å². The number of hydrogen-bond donors (Lipinski definition) is 1. The van der Waals surface area contributed by atoms with Gasteiger partial charge >= 0.3 is 0 Å². The summed E-state index contributed by atoms with van der Waals surface area (Å²) in [5.41, 5.74) is 1.97. The Morgan fingerprint density at radius 3 is 2.30 bits per heavy atom. The molecule has 3 rings (SSSR count). The molecule has 196 valence electrons. The monoisotopic (exact) mass is 584 g/mol. The van der Waals surface area contributed by atoms with Crippen LogP contribution in [0.15, 0.2) is 83.3 Å². The van der Waals surface area contributed by atoms with E-state index in [1.807, 2.05) is 68.4 Å². The Morgan fingerprint density at radius 2 is 1.65 bits per heavy atom. The molecule has 0 aliphatic carbocycles. The zero-order valence-corrected chi connectivity index (χ0v) is 23.7. The normalized spacial score (nSPS) is 12.4. The number of ether oxygens (including phenoxy) is 1. The summed E-state index contributed by atoms with van der Waals surface area (Å²) in [6.45, 7) is 4.74. The van der Waals surface area contributed by atoms with E-state index in [0.29, 0.717) is 36.8 Å². The van der Waals surface area contributed by atoms with Gasteiger partial charge in [0.05, 0.1) is 6.61 Å². The van der Waals surface area contributed by atoms with Crippen LogP contribution in [0.2, 0.25) is 5.02 Å². The molecule has 0 radical (unpaired) electrons. The van der Waals surface area contributed by atoms with Crippen molar-refractivity contribution in [2.45, 2.75) is 58.2 Å². The number of carbonyl (C=O) groups is 2. The molecule has 0 bridgehead atoms. The summed E-state index contributed by atoms with van der Waals surface area (Å²) in [4.78, 5) is 28.8. The third-order valence-electron chi connectivity index (χ3n) is 6.16. The first-order valence-electron chi connectivity index (χ1n) is 12.6. The number of hydrogen-bond acceptors (Lipinski definition) is 3. The van der Waals surface area contributed by atoms with Gasteiger partial charge in [-0.25, -0.2) is 0 Å². The van der Waals surface area contributed by atoms with Crippen LogP contribution in [-0.4, -0.2) is 35.4 Å². The second-order valence-electron chi connectivity index (χ2n) is 9.08. The molecule has 5 nitrogen and oxygen atoms in total. The van der Waals surface area contributed by atoms with Crippen molar-refractivity contribution >= 4 is 39.3 Å². The summed E-state index contributed by atoms with van der Waals surface area (Å²) in [6, 6.07) is 24.2. The van der Waals surface area contributed by atoms with Gasteiger partial charge in [-0.15, -0.1) is 0 Å². The van der Waals surface area contributed by atoms with Crippen molar-refractivity contribution in [3.63, 3.8) is 0 Å². The van der Waals surface area contributed by atoms with Crippen molar-refractivity contribution < 1.29 is 14.3 Å². The molecule has 0 saturated carbocycles. The Hall–Kier alpha value is -2.83. The molecule has 37 heavy (non-hydrogen) atoms. The molecule has 0 heterocycles. The third-order valence-corrected chi connectivity index (χ3v) is 6.94. The molecule has 0 spiro atoms. The maximum absolute atomic E-state index is 13.6. The van der Waals surface area contributed by atoms with Gasteiger partial charge in [-0.05, 0) is 67.3 Å². The lowest BCUT2D eigenvalue weighted by molar-refractivity contribution is -0.141. The minimum absolute atomic E-state index is 0.0168. The third kappa shape index (κ3) is 9.52. The largest absolute Gasteiger partial charge is 0.494 e. The van der Waals surface area contributed by atoms with Crippen molar-refractivity contribution in [3.05, 3.63) is 99.5 Å². The molecule has 0 unspecified atom stereocenters. The van der Waals surface area contributed by atoms with E-state index in [1.165, 1.54) is 0 Å². The zero-order chi connectivity index (χ0) is 26.6. The van der Waals surface area contributed by atoms with Gasteiger partial charge in [0.1, 0.15) is 11.8 Å². The molecule has 0 aromatic heterocycles. The van der Waals surface area contributed by atoms with Gasteiger partial charge in [-0.3, -0.25) is 9.59 Å². The molecule has 0 aliphatic rings. The molecule has 0 saturated heterocycles. The van der Waals surface area contributed by atoms with Gasteiger partial charge in [0, 0.05) is 34.9 Å². The topological polar surface area (TPSA) is 58.6 Å². The van der Waals surface area contributed by atoms with Gasteiger partial charge in [-0.1, -0.05) is 76.9 Å². The maximum Gasteiger partial charge on any atom is 0.243 e. The Morgan fingerprint density at radius 1 is 0.973 bits per heavy atom. The highest BCUT2D eigenvalue weighted by atomic mass is 79.9. The SMILES string of the molecule is CC[C@H](C)NC(=O)[C@H](Cc1ccccc1)N(Cc1ccc(Br)cc1)C(=O)CCCOc1ccc(Cl)cc1. The summed E-state index contributed by atoms with van der Waals surface area (Å²) >= 11 is 9.41. The van der Waals surface area contributed by atoms with Crippen LogP contribution in [0, 0.1) is 0 Å². The summed E-state index contributed by atoms with van der Waals surface area (Å²) < 4.78 is 6.74. The fourth-order valence-corrected chi connectivity index (χ4v) is 4.26. The van der Waals surface area contributed by atoms with E-state index in [0.717, 1.165) is 22.0 Å². The minimum atomic E-state index is -0.635. The smallest absolute Gasteiger partial charge is 0.243 e. The fourth-order valence-electron chi connectivity index (χ4n) is 3.87. The lowest BCUT2D eigenvalue weighted by atomic mass is 10.0. The highest BCUT2D eigenvalue weighted by molar-refractivity contribution is 9.10. The average molecular weight is 586 g/mol. The number of benzene rings is 3. The van der Waals surface area contributed by atoms with E-state index in [-0.39, 0.29) is 24.3 Å². The van der Waals surface area contributed by atoms with E-state index in [2.05, 4.69) is 21.2 Å². The van der Waals surface area contributed by atoms with Gasteiger partial charge in [-0.2, -0.15) is 0 Å². The van der Waals surface area contributed by atoms with Crippen molar-refractivity contribution in [1.29, 1.82) is 0 Å². The summed E-state index contributed by atoms with van der Waals surface area (Å²) in [6.07, 6.45) is 2.05. The standard InChI is InChI=1S/C30H34BrClN2O3/c1-3-22(2)33-30(36)28(20-23-8-5-4-6-9-23)34(21-24-11-13-25(31)14-12-24)29(35)10-7-19-37-27-17-15-26(32)16-18-27/h4-6,8-9,11-18,22,28H,3,7,10,19-21H2,1-2H3,(H,33,36)/t22-,28-/m0/s1. The van der Waals surface area contributed by atoms with Crippen LogP contribution in [-0.2, 0) is 22.6 Å². The van der Waals surface area contributed by atoms with Crippen LogP contribution in [0.5, 0.6) is 5.75 Å². The predicted octanol–water partition coefficient (Wildman–Crippen LogP) is 6.82. The minimum Gasteiger partial charge on any atom is -0.494 e. The van der Waals surface area contributed by atoms with Crippen LogP contribution in [0.1, 0.15) is 44.2 Å². The van der Waals surface area contributed by atoms with Gasteiger partial charge < -0.3 is 15.0 Å². The Kier molecular flexibility index (Phi) is 11.5. The van der Waals surface area contributed by atoms with Crippen molar-refractivity contribution in [1.82, 2.24) is 10.2 Å². The lowest BCUT2D eigenvalue weighted by Gasteiger charge is -2.32. The summed E-state index contributed by atoms with van der Waals surface area (Å²) in [5, 5.41) is 3.74. The molecule has 2 amide bonds. The Bertz CT molecular complexity index is 1120. The number of rotatable bonds is 13. The maximum atomic E-state index is 13.6. The molecule has 0 aliphatic heterocycles. The van der Waals surface area contributed by atoms with Crippen LogP contribution in [0.3, 0.4) is 0 Å². The van der Waals surface area contributed by atoms with Gasteiger partial charge in [0.15, 0.2) is 0 Å². The van der Waals surface area contributed by atoms with E-state index in [9.17, 15) is 9.59 Å². The molecule has 7 heteroatoms. The molecule has 1 N–H and O–H groups in total. The van der Waals surface area contributed by atoms with Crippen molar-refractivity contribution in [2.24, 2.45) is 0 Å². The van der Waals surface area contributed by atoms with Crippen LogP contribution in [0.4, 0.5) is 0 Å². The first-order chi connectivity index (χ1) is 17.9. The molecule has 3 aromatic rings. The quantitative estimate of drug-likeness (QED) is 0.224. The first kappa shape index (κ1) is 28.7. The highest BCUT2D eigenvalue weighted by Gasteiger charge is 2.30. The number of nitrogens with zero attached hydrogens (tertiary/aromatic N) is 1. The van der Waals surface area contributed by atoms with E-state index < -0.39 is 6.04 Å². The second kappa shape index (κ2) is 14.8. The predicted molar refractivity (Wildman–Crippen MR) is 153 cm³/mol. The summed E-state index contributed by atoms with van der Waals surface area (Å²) in [5.74, 6) is 0.488. The average Bonchev–Trinajstić information content (AvgIpc) is 2.91. The molecule has 2 atom stereocenters. The summed E-state index contributed by atoms with van der Waals surface area (Å²) in [7, 11) is 0. The van der Waals surface area contributed by atoms with Crippen molar-refractivity contribution in [2.75, 3.05) is 6.61 Å². The van der Waals surface area contributed by atoms with E-state index in [4.69, 9.17) is 16.3 Å². The second-order valence-corrected chi connectivity index (χ2v) is 10.4. The Labute approximate surface area is 233 Å². The number of nitrogens with one attached hydrogen (secondary N) is 1.